The molecule has 120 valence electrons. The number of ether oxygens (including phenoxy) is 1. The number of esters is 1. The van der Waals surface area contributed by atoms with Crippen molar-refractivity contribution in [1.29, 1.82) is 0 Å². The van der Waals surface area contributed by atoms with Crippen molar-refractivity contribution in [3.05, 3.63) is 57.2 Å². The maximum atomic E-state index is 12.8. The zero-order valence-electron chi connectivity index (χ0n) is 12.8. The highest BCUT2D eigenvalue weighted by Crippen LogP contribution is 2.29. The lowest BCUT2D eigenvalue weighted by molar-refractivity contribution is -0.129. The van der Waals surface area contributed by atoms with E-state index in [0.29, 0.717) is 10.7 Å². The van der Waals surface area contributed by atoms with Gasteiger partial charge in [-0.05, 0) is 32.0 Å². The summed E-state index contributed by atoms with van der Waals surface area (Å²) >= 11 is 11.9. The summed E-state index contributed by atoms with van der Waals surface area (Å²) in [5.74, 6) is -0.908. The molecule has 2 rings (SSSR count). The number of nitrogens with zero attached hydrogens (tertiary/aromatic N) is 2. The van der Waals surface area contributed by atoms with Gasteiger partial charge in [-0.15, -0.1) is 0 Å². The molecule has 5 nitrogen and oxygen atoms in total. The van der Waals surface area contributed by atoms with Gasteiger partial charge in [0.05, 0.1) is 10.7 Å². The summed E-state index contributed by atoms with van der Waals surface area (Å²) < 4.78 is 6.57. The summed E-state index contributed by atoms with van der Waals surface area (Å²) in [7, 11) is 1.59. The van der Waals surface area contributed by atoms with Crippen LogP contribution in [0.2, 0.25) is 10.0 Å². The molecular weight excluding hydrogens is 339 g/mol. The third kappa shape index (κ3) is 3.63. The Kier molecular flexibility index (Phi) is 5.23. The van der Waals surface area contributed by atoms with Crippen LogP contribution >= 0.6 is 23.2 Å². The van der Waals surface area contributed by atoms with Gasteiger partial charge in [0.1, 0.15) is 5.56 Å². The fourth-order valence-electron chi connectivity index (χ4n) is 2.09. The molecule has 7 heteroatoms. The second kappa shape index (κ2) is 6.98. The molecule has 0 radical (unpaired) electrons. The average Bonchev–Trinajstić information content (AvgIpc) is 2.73. The van der Waals surface area contributed by atoms with Crippen LogP contribution in [0.1, 0.15) is 28.5 Å². The topological polar surface area (TPSA) is 61.2 Å². The molecular formula is C16H14Cl2N2O3. The van der Waals surface area contributed by atoms with Crippen molar-refractivity contribution in [3.63, 3.8) is 0 Å². The molecule has 0 amide bonds. The monoisotopic (exact) mass is 352 g/mol. The van der Waals surface area contributed by atoms with E-state index in [1.54, 1.807) is 33.0 Å². The molecule has 0 saturated heterocycles. The van der Waals surface area contributed by atoms with E-state index in [1.165, 1.54) is 22.9 Å². The first-order chi connectivity index (χ1) is 10.8. The minimum Gasteiger partial charge on any atom is -0.404 e. The van der Waals surface area contributed by atoms with Crippen LogP contribution in [0.3, 0.4) is 0 Å². The molecule has 0 spiro atoms. The summed E-state index contributed by atoms with van der Waals surface area (Å²) in [6.45, 7) is 3.35. The molecule has 0 atom stereocenters. The van der Waals surface area contributed by atoms with Gasteiger partial charge < -0.3 is 4.74 Å². The van der Waals surface area contributed by atoms with E-state index in [2.05, 4.69) is 5.10 Å². The Morgan fingerprint density at radius 1 is 1.30 bits per heavy atom. The van der Waals surface area contributed by atoms with Crippen LogP contribution < -0.4 is 4.74 Å². The first-order valence-corrected chi connectivity index (χ1v) is 7.48. The number of halogens is 2. The Morgan fingerprint density at radius 3 is 2.61 bits per heavy atom. The highest BCUT2D eigenvalue weighted by molar-refractivity contribution is 6.37. The van der Waals surface area contributed by atoms with Gasteiger partial charge in [-0.25, -0.2) is 9.48 Å². The van der Waals surface area contributed by atoms with Crippen molar-refractivity contribution in [2.24, 2.45) is 7.05 Å². The third-order valence-corrected chi connectivity index (χ3v) is 3.62. The van der Waals surface area contributed by atoms with Crippen molar-refractivity contribution < 1.29 is 14.3 Å². The van der Waals surface area contributed by atoms with Gasteiger partial charge >= 0.3 is 5.97 Å². The van der Waals surface area contributed by atoms with Crippen molar-refractivity contribution in [2.45, 2.75) is 13.8 Å². The molecule has 2 aromatic rings. The Hall–Kier alpha value is -2.11. The fraction of sp³-hybridized carbons (Fsp3) is 0.188. The van der Waals surface area contributed by atoms with Gasteiger partial charge in [-0.3, -0.25) is 4.79 Å². The lowest BCUT2D eigenvalue weighted by Crippen LogP contribution is -2.12. The molecule has 0 aliphatic rings. The van der Waals surface area contributed by atoms with Crippen molar-refractivity contribution in [1.82, 2.24) is 9.78 Å². The molecule has 0 fully saturated rings. The smallest absolute Gasteiger partial charge is 0.337 e. The average molecular weight is 353 g/mol. The Bertz CT molecular complexity index is 810. The van der Waals surface area contributed by atoms with E-state index in [1.807, 2.05) is 0 Å². The number of benzene rings is 1. The number of aromatic nitrogens is 2. The van der Waals surface area contributed by atoms with Crippen LogP contribution in [-0.4, -0.2) is 21.5 Å². The standard InChI is InChI=1S/C16H14Cl2N2O3/c1-4-5-13(21)23-16-14(9(2)19-20(16)3)15(22)11-7-6-10(17)8-12(11)18/h4-8H,1-3H3/b5-4+. The fourth-order valence-corrected chi connectivity index (χ4v) is 2.58. The van der Waals surface area contributed by atoms with Gasteiger partial charge in [0.15, 0.2) is 0 Å². The number of hydrogen-bond acceptors (Lipinski definition) is 4. The minimum atomic E-state index is -0.591. The van der Waals surface area contributed by atoms with E-state index in [-0.39, 0.29) is 27.8 Å². The Morgan fingerprint density at radius 2 is 2.00 bits per heavy atom. The molecule has 0 saturated carbocycles. The minimum absolute atomic E-state index is 0.0709. The van der Waals surface area contributed by atoms with Crippen LogP contribution in [0.25, 0.3) is 0 Å². The summed E-state index contributed by atoms with van der Waals surface area (Å²) in [6.07, 6.45) is 2.80. The molecule has 0 unspecified atom stereocenters. The molecule has 0 aliphatic carbocycles. The molecule has 1 aromatic carbocycles. The molecule has 0 N–H and O–H groups in total. The van der Waals surface area contributed by atoms with E-state index < -0.39 is 5.97 Å². The highest BCUT2D eigenvalue weighted by Gasteiger charge is 2.25. The summed E-state index contributed by atoms with van der Waals surface area (Å²) in [5.41, 5.74) is 0.886. The first-order valence-electron chi connectivity index (χ1n) is 6.73. The maximum Gasteiger partial charge on any atom is 0.337 e. The lowest BCUT2D eigenvalue weighted by Gasteiger charge is -2.07. The summed E-state index contributed by atoms with van der Waals surface area (Å²) in [6, 6.07) is 4.57. The van der Waals surface area contributed by atoms with E-state index in [0.717, 1.165) is 0 Å². The van der Waals surface area contributed by atoms with Gasteiger partial charge in [-0.2, -0.15) is 5.10 Å². The van der Waals surface area contributed by atoms with Crippen molar-refractivity contribution in [3.8, 4) is 5.88 Å². The SMILES string of the molecule is C/C=C/C(=O)Oc1c(C(=O)c2ccc(Cl)cc2Cl)c(C)nn1C. The Balaban J connectivity index is 2.50. The number of hydrogen-bond donors (Lipinski definition) is 0. The molecule has 1 heterocycles. The molecule has 1 aromatic heterocycles. The highest BCUT2D eigenvalue weighted by atomic mass is 35.5. The van der Waals surface area contributed by atoms with Gasteiger partial charge in [0.25, 0.3) is 0 Å². The van der Waals surface area contributed by atoms with Crippen LogP contribution in [0.5, 0.6) is 5.88 Å². The normalized spacial score (nSPS) is 11.0. The van der Waals surface area contributed by atoms with Crippen LogP contribution in [0.4, 0.5) is 0 Å². The molecule has 0 bridgehead atoms. The largest absolute Gasteiger partial charge is 0.404 e. The lowest BCUT2D eigenvalue weighted by atomic mass is 10.0. The number of carbonyl (C=O) groups is 2. The number of ketones is 1. The zero-order chi connectivity index (χ0) is 17.1. The number of carbonyl (C=O) groups excluding carboxylic acids is 2. The predicted octanol–water partition coefficient (Wildman–Crippen LogP) is 3.75. The first kappa shape index (κ1) is 17.2. The molecule has 23 heavy (non-hydrogen) atoms. The predicted molar refractivity (Wildman–Crippen MR) is 88.3 cm³/mol. The van der Waals surface area contributed by atoms with Crippen molar-refractivity contribution in [2.75, 3.05) is 0 Å². The second-order valence-corrected chi connectivity index (χ2v) is 5.61. The summed E-state index contributed by atoms with van der Waals surface area (Å²) in [4.78, 5) is 24.5. The number of rotatable bonds is 4. The maximum absolute atomic E-state index is 12.8. The third-order valence-electron chi connectivity index (χ3n) is 3.07. The number of aryl methyl sites for hydroxylation is 2. The number of allylic oxidation sites excluding steroid dienone is 1. The van der Waals surface area contributed by atoms with Crippen LogP contribution in [0.15, 0.2) is 30.4 Å². The second-order valence-electron chi connectivity index (χ2n) is 4.76. The van der Waals surface area contributed by atoms with Gasteiger partial charge in [0.2, 0.25) is 11.7 Å². The van der Waals surface area contributed by atoms with Crippen LogP contribution in [-0.2, 0) is 11.8 Å². The van der Waals surface area contributed by atoms with E-state index in [4.69, 9.17) is 27.9 Å². The Labute approximate surface area is 143 Å². The van der Waals surface area contributed by atoms with Crippen molar-refractivity contribution >= 4 is 35.0 Å². The van der Waals surface area contributed by atoms with E-state index >= 15 is 0 Å². The summed E-state index contributed by atoms with van der Waals surface area (Å²) in [5, 5.41) is 4.79. The van der Waals surface area contributed by atoms with Gasteiger partial charge in [0, 0.05) is 23.7 Å². The quantitative estimate of drug-likeness (QED) is 0.477. The van der Waals surface area contributed by atoms with E-state index in [9.17, 15) is 9.59 Å². The van der Waals surface area contributed by atoms with Crippen LogP contribution in [0, 0.1) is 6.92 Å². The molecule has 0 aliphatic heterocycles. The zero-order valence-corrected chi connectivity index (χ0v) is 14.3. The van der Waals surface area contributed by atoms with Gasteiger partial charge in [-0.1, -0.05) is 29.3 Å².